The molecule has 1 aliphatic rings. The Morgan fingerprint density at radius 1 is 1.00 bits per heavy atom. The zero-order valence-corrected chi connectivity index (χ0v) is 17.9. The smallest absolute Gasteiger partial charge is 0.150 e. The minimum absolute atomic E-state index is 0.348. The third-order valence-corrected chi connectivity index (χ3v) is 6.40. The van der Waals surface area contributed by atoms with E-state index in [4.69, 9.17) is 0 Å². The first kappa shape index (κ1) is 21.0. The van der Waals surface area contributed by atoms with E-state index in [1.54, 1.807) is 0 Å². The summed E-state index contributed by atoms with van der Waals surface area (Å²) in [5.41, 5.74) is 5.35. The molecule has 2 N–H and O–H groups in total. The molecule has 0 amide bonds. The molecular formula is C26H32F2N2. The Balaban J connectivity index is 1.29. The highest BCUT2D eigenvalue weighted by atomic mass is 19.1. The van der Waals surface area contributed by atoms with Gasteiger partial charge < -0.3 is 10.3 Å². The summed E-state index contributed by atoms with van der Waals surface area (Å²) in [5.74, 6) is -1.01. The van der Waals surface area contributed by atoms with E-state index in [0.29, 0.717) is 16.9 Å². The van der Waals surface area contributed by atoms with Crippen molar-refractivity contribution >= 4 is 10.9 Å². The van der Waals surface area contributed by atoms with E-state index >= 15 is 0 Å². The molecule has 160 valence electrons. The molecule has 1 aliphatic carbocycles. The molecule has 1 atom stereocenters. The quantitative estimate of drug-likeness (QED) is 0.401. The maximum absolute atomic E-state index is 14.1. The molecule has 4 heteroatoms. The topological polar surface area (TPSA) is 27.8 Å². The van der Waals surface area contributed by atoms with Crippen molar-refractivity contribution < 1.29 is 8.78 Å². The van der Waals surface area contributed by atoms with Crippen LogP contribution in [0.15, 0.2) is 36.4 Å². The van der Waals surface area contributed by atoms with Gasteiger partial charge in [-0.2, -0.15) is 0 Å². The number of rotatable bonds is 9. The molecule has 0 radical (unpaired) electrons. The number of aromatic amines is 1. The van der Waals surface area contributed by atoms with Crippen LogP contribution in [0.1, 0.15) is 61.4 Å². The average molecular weight is 411 g/mol. The van der Waals surface area contributed by atoms with Gasteiger partial charge in [0, 0.05) is 23.2 Å². The zero-order chi connectivity index (χ0) is 20.9. The highest BCUT2D eigenvalue weighted by Gasteiger charge is 2.23. The Morgan fingerprint density at radius 2 is 1.77 bits per heavy atom. The predicted molar refractivity (Wildman–Crippen MR) is 120 cm³/mol. The van der Waals surface area contributed by atoms with Crippen LogP contribution in [0.4, 0.5) is 8.78 Å². The van der Waals surface area contributed by atoms with Crippen molar-refractivity contribution in [3.8, 4) is 0 Å². The summed E-state index contributed by atoms with van der Waals surface area (Å²) < 4.78 is 27.8. The third-order valence-electron chi connectivity index (χ3n) is 6.40. The van der Waals surface area contributed by atoms with Crippen molar-refractivity contribution in [2.24, 2.45) is 0 Å². The van der Waals surface area contributed by atoms with Crippen LogP contribution in [0.5, 0.6) is 0 Å². The number of aryl methyl sites for hydroxylation is 2. The molecule has 0 saturated heterocycles. The molecule has 1 aromatic heterocycles. The Labute approximate surface area is 178 Å². The van der Waals surface area contributed by atoms with Crippen LogP contribution in [-0.2, 0) is 25.7 Å². The second kappa shape index (κ2) is 9.74. The number of benzene rings is 2. The molecule has 0 fully saturated rings. The minimum atomic E-state index is -0.509. The number of halogens is 2. The van der Waals surface area contributed by atoms with Gasteiger partial charge in [-0.1, -0.05) is 50.5 Å². The lowest BCUT2D eigenvalue weighted by molar-refractivity contribution is 0.460. The Kier molecular flexibility index (Phi) is 6.83. The number of unbranched alkanes of at least 4 members (excludes halogenated alkanes) is 3. The predicted octanol–water partition coefficient (Wildman–Crippen LogP) is 6.26. The van der Waals surface area contributed by atoms with Crippen LogP contribution in [0.2, 0.25) is 0 Å². The lowest BCUT2D eigenvalue weighted by atomic mass is 9.91. The fraction of sp³-hybridized carbons (Fsp3) is 0.462. The van der Waals surface area contributed by atoms with E-state index in [-0.39, 0.29) is 0 Å². The highest BCUT2D eigenvalue weighted by molar-refractivity contribution is 5.85. The van der Waals surface area contributed by atoms with E-state index in [1.165, 1.54) is 49.3 Å². The average Bonchev–Trinajstić information content (AvgIpc) is 3.11. The van der Waals surface area contributed by atoms with Crippen LogP contribution in [0.3, 0.4) is 0 Å². The standard InChI is InChI=1S/C26H32F2N2/c1-2-3-4-5-6-18-7-9-19(10-8-18)13-14-29-21-11-12-25-22(17-21)23-15-20(27)16-24(28)26(23)30-25/h7-10,15-16,21,29-30H,2-6,11-14,17H2,1H3. The first-order valence-corrected chi connectivity index (χ1v) is 11.4. The Morgan fingerprint density at radius 3 is 2.53 bits per heavy atom. The number of fused-ring (bicyclic) bond motifs is 3. The largest absolute Gasteiger partial charge is 0.356 e. The monoisotopic (exact) mass is 410 g/mol. The summed E-state index contributed by atoms with van der Waals surface area (Å²) in [5, 5.41) is 4.35. The van der Waals surface area contributed by atoms with Crippen LogP contribution in [0.25, 0.3) is 10.9 Å². The molecule has 0 saturated carbocycles. The van der Waals surface area contributed by atoms with Crippen molar-refractivity contribution in [3.63, 3.8) is 0 Å². The minimum Gasteiger partial charge on any atom is -0.356 e. The summed E-state index contributed by atoms with van der Waals surface area (Å²) in [7, 11) is 0. The van der Waals surface area contributed by atoms with Crippen molar-refractivity contribution in [1.82, 2.24) is 10.3 Å². The number of nitrogens with one attached hydrogen (secondary N) is 2. The summed E-state index contributed by atoms with van der Waals surface area (Å²) >= 11 is 0. The molecule has 0 bridgehead atoms. The lowest BCUT2D eigenvalue weighted by Gasteiger charge is -2.24. The van der Waals surface area contributed by atoms with Crippen LogP contribution in [-0.4, -0.2) is 17.6 Å². The summed E-state index contributed by atoms with van der Waals surface area (Å²) in [6.07, 6.45) is 10.1. The fourth-order valence-corrected chi connectivity index (χ4v) is 4.66. The van der Waals surface area contributed by atoms with Crippen molar-refractivity contribution in [1.29, 1.82) is 0 Å². The molecule has 1 unspecified atom stereocenters. The van der Waals surface area contributed by atoms with E-state index in [2.05, 4.69) is 41.5 Å². The SMILES string of the molecule is CCCCCCc1ccc(CCNC2CCc3[nH]c4c(F)cc(F)cc4c3C2)cc1. The van der Waals surface area contributed by atoms with Gasteiger partial charge in [0.25, 0.3) is 0 Å². The maximum atomic E-state index is 14.1. The lowest BCUT2D eigenvalue weighted by Crippen LogP contribution is -2.35. The van der Waals surface area contributed by atoms with Gasteiger partial charge in [-0.25, -0.2) is 8.78 Å². The zero-order valence-electron chi connectivity index (χ0n) is 17.9. The second-order valence-electron chi connectivity index (χ2n) is 8.66. The summed E-state index contributed by atoms with van der Waals surface area (Å²) in [6, 6.07) is 11.8. The first-order valence-electron chi connectivity index (χ1n) is 11.4. The molecule has 2 aromatic carbocycles. The van der Waals surface area contributed by atoms with Gasteiger partial charge in [0.15, 0.2) is 0 Å². The molecular weight excluding hydrogens is 378 g/mol. The molecule has 0 aliphatic heterocycles. The number of H-pyrrole nitrogens is 1. The second-order valence-corrected chi connectivity index (χ2v) is 8.66. The highest BCUT2D eigenvalue weighted by Crippen LogP contribution is 2.31. The van der Waals surface area contributed by atoms with Crippen LogP contribution >= 0.6 is 0 Å². The number of hydrogen-bond acceptors (Lipinski definition) is 1. The van der Waals surface area contributed by atoms with Gasteiger partial charge in [-0.05, 0) is 67.8 Å². The number of hydrogen-bond donors (Lipinski definition) is 2. The van der Waals surface area contributed by atoms with Crippen LogP contribution < -0.4 is 5.32 Å². The normalized spacial score (nSPS) is 16.2. The molecule has 3 aromatic rings. The maximum Gasteiger partial charge on any atom is 0.150 e. The van der Waals surface area contributed by atoms with Crippen LogP contribution in [0, 0.1) is 11.6 Å². The molecule has 0 spiro atoms. The first-order chi connectivity index (χ1) is 14.6. The third kappa shape index (κ3) is 4.92. The van der Waals surface area contributed by atoms with Gasteiger partial charge in [0.1, 0.15) is 11.6 Å². The van der Waals surface area contributed by atoms with Crippen molar-refractivity contribution in [3.05, 3.63) is 70.4 Å². The van der Waals surface area contributed by atoms with Crippen molar-refractivity contribution in [2.45, 2.75) is 70.8 Å². The summed E-state index contributed by atoms with van der Waals surface area (Å²) in [4.78, 5) is 3.17. The van der Waals surface area contributed by atoms with Crippen molar-refractivity contribution in [2.75, 3.05) is 6.54 Å². The molecule has 2 nitrogen and oxygen atoms in total. The van der Waals surface area contributed by atoms with Gasteiger partial charge in [0.2, 0.25) is 0 Å². The number of aromatic nitrogens is 1. The van der Waals surface area contributed by atoms with Gasteiger partial charge >= 0.3 is 0 Å². The van der Waals surface area contributed by atoms with E-state index in [0.717, 1.165) is 49.6 Å². The Bertz CT molecular complexity index is 975. The fourth-order valence-electron chi connectivity index (χ4n) is 4.66. The van der Waals surface area contributed by atoms with E-state index in [1.807, 2.05) is 0 Å². The molecule has 1 heterocycles. The molecule has 4 rings (SSSR count). The Hall–Kier alpha value is -2.20. The molecule has 30 heavy (non-hydrogen) atoms. The summed E-state index contributed by atoms with van der Waals surface area (Å²) in [6.45, 7) is 3.16. The van der Waals surface area contributed by atoms with Gasteiger partial charge in [0.05, 0.1) is 5.52 Å². The van der Waals surface area contributed by atoms with E-state index in [9.17, 15) is 8.78 Å². The van der Waals surface area contributed by atoms with Gasteiger partial charge in [-0.15, -0.1) is 0 Å². The van der Waals surface area contributed by atoms with E-state index < -0.39 is 11.6 Å². The van der Waals surface area contributed by atoms with Gasteiger partial charge in [-0.3, -0.25) is 0 Å².